The number of carbonyl (C=O) groups excluding carboxylic acids is 3. The van der Waals surface area contributed by atoms with E-state index in [4.69, 9.17) is 9.47 Å². The van der Waals surface area contributed by atoms with Gasteiger partial charge in [0.1, 0.15) is 0 Å². The van der Waals surface area contributed by atoms with Crippen LogP contribution >= 0.6 is 15.9 Å². The van der Waals surface area contributed by atoms with Gasteiger partial charge >= 0.3 is 11.9 Å². The van der Waals surface area contributed by atoms with Crippen LogP contribution in [0.4, 0.5) is 5.69 Å². The molecule has 0 aliphatic rings. The SMILES string of the molecule is COC(=O)c1cc(NC(=O)CN(Cc2ccc(Br)cc2)S(=O)(=O)c2ccc(C)cc2)cc(C(=O)OC)c1. The van der Waals surface area contributed by atoms with Crippen LogP contribution in [0.1, 0.15) is 31.8 Å². The maximum absolute atomic E-state index is 13.5. The summed E-state index contributed by atoms with van der Waals surface area (Å²) in [5, 5.41) is 2.57. The molecule has 0 saturated carbocycles. The molecule has 0 spiro atoms. The summed E-state index contributed by atoms with van der Waals surface area (Å²) >= 11 is 3.35. The summed E-state index contributed by atoms with van der Waals surface area (Å²) in [7, 11) is -1.69. The van der Waals surface area contributed by atoms with E-state index in [0.29, 0.717) is 5.56 Å². The number of aryl methyl sites for hydroxylation is 1. The number of nitrogens with one attached hydrogen (secondary N) is 1. The third kappa shape index (κ3) is 7.25. The average molecular weight is 589 g/mol. The quantitative estimate of drug-likeness (QED) is 0.373. The Balaban J connectivity index is 1.92. The molecule has 11 heteroatoms. The number of nitrogens with zero attached hydrogens (tertiary/aromatic N) is 1. The number of esters is 2. The van der Waals surface area contributed by atoms with Crippen molar-refractivity contribution in [2.24, 2.45) is 0 Å². The molecule has 0 fully saturated rings. The van der Waals surface area contributed by atoms with Crippen molar-refractivity contribution in [3.63, 3.8) is 0 Å². The molecule has 0 saturated heterocycles. The van der Waals surface area contributed by atoms with Crippen LogP contribution in [-0.2, 0) is 30.8 Å². The van der Waals surface area contributed by atoms with Crippen molar-refractivity contribution >= 4 is 49.5 Å². The van der Waals surface area contributed by atoms with E-state index in [9.17, 15) is 22.8 Å². The van der Waals surface area contributed by atoms with E-state index in [1.165, 1.54) is 44.6 Å². The number of hydrogen-bond donors (Lipinski definition) is 1. The number of halogens is 1. The molecule has 0 atom stereocenters. The largest absolute Gasteiger partial charge is 0.465 e. The molecule has 1 amide bonds. The van der Waals surface area contributed by atoms with Crippen molar-refractivity contribution < 1.29 is 32.3 Å². The number of carbonyl (C=O) groups is 3. The van der Waals surface area contributed by atoms with Gasteiger partial charge < -0.3 is 14.8 Å². The predicted octanol–water partition coefficient (Wildman–Crippen LogP) is 4.16. The molecule has 9 nitrogen and oxygen atoms in total. The van der Waals surface area contributed by atoms with Crippen molar-refractivity contribution in [2.45, 2.75) is 18.4 Å². The minimum atomic E-state index is -4.05. The van der Waals surface area contributed by atoms with E-state index < -0.39 is 34.4 Å². The maximum atomic E-state index is 13.5. The van der Waals surface area contributed by atoms with E-state index in [2.05, 4.69) is 21.2 Å². The van der Waals surface area contributed by atoms with Gasteiger partial charge in [-0.2, -0.15) is 4.31 Å². The van der Waals surface area contributed by atoms with Crippen LogP contribution in [0.5, 0.6) is 0 Å². The van der Waals surface area contributed by atoms with Crippen LogP contribution in [0.25, 0.3) is 0 Å². The second-order valence-electron chi connectivity index (χ2n) is 8.04. The fraction of sp³-hybridized carbons (Fsp3) is 0.192. The molecule has 0 bridgehead atoms. The lowest BCUT2D eigenvalue weighted by atomic mass is 10.1. The van der Waals surface area contributed by atoms with Gasteiger partial charge in [0.05, 0.1) is 36.8 Å². The van der Waals surface area contributed by atoms with E-state index >= 15 is 0 Å². The minimum Gasteiger partial charge on any atom is -0.465 e. The van der Waals surface area contributed by atoms with Crippen LogP contribution in [0.3, 0.4) is 0 Å². The Labute approximate surface area is 223 Å². The van der Waals surface area contributed by atoms with Crippen molar-refractivity contribution in [3.8, 4) is 0 Å². The van der Waals surface area contributed by atoms with E-state index in [1.807, 2.05) is 6.92 Å². The minimum absolute atomic E-state index is 0.0136. The Kier molecular flexibility index (Phi) is 9.19. The summed E-state index contributed by atoms with van der Waals surface area (Å²) in [5.74, 6) is -2.12. The smallest absolute Gasteiger partial charge is 0.337 e. The van der Waals surface area contributed by atoms with Crippen LogP contribution in [-0.4, -0.2) is 51.3 Å². The van der Waals surface area contributed by atoms with Gasteiger partial charge in [-0.3, -0.25) is 4.79 Å². The molecule has 0 aliphatic carbocycles. The van der Waals surface area contributed by atoms with Gasteiger partial charge in [0, 0.05) is 16.7 Å². The Bertz CT molecular complexity index is 1370. The number of methoxy groups -OCH3 is 2. The number of sulfonamides is 1. The summed E-state index contributed by atoms with van der Waals surface area (Å²) < 4.78 is 38.3. The molecular formula is C26H25BrN2O7S. The van der Waals surface area contributed by atoms with Gasteiger partial charge in [-0.1, -0.05) is 45.8 Å². The van der Waals surface area contributed by atoms with E-state index in [-0.39, 0.29) is 28.3 Å². The first-order valence-corrected chi connectivity index (χ1v) is 13.2. The molecule has 0 radical (unpaired) electrons. The van der Waals surface area contributed by atoms with Crippen molar-refractivity contribution in [1.82, 2.24) is 4.31 Å². The molecule has 0 aromatic heterocycles. The summed E-state index contributed by atoms with van der Waals surface area (Å²) in [4.78, 5) is 37.2. The zero-order chi connectivity index (χ0) is 27.2. The third-order valence-electron chi connectivity index (χ3n) is 5.31. The lowest BCUT2D eigenvalue weighted by Crippen LogP contribution is -2.37. The molecule has 37 heavy (non-hydrogen) atoms. The topological polar surface area (TPSA) is 119 Å². The fourth-order valence-corrected chi connectivity index (χ4v) is 5.06. The first kappa shape index (κ1) is 28.0. The van der Waals surface area contributed by atoms with E-state index in [0.717, 1.165) is 14.3 Å². The first-order chi connectivity index (χ1) is 17.5. The van der Waals surface area contributed by atoms with Gasteiger partial charge in [0.15, 0.2) is 0 Å². The van der Waals surface area contributed by atoms with Gasteiger partial charge in [0.2, 0.25) is 15.9 Å². The molecule has 0 aliphatic heterocycles. The van der Waals surface area contributed by atoms with Crippen LogP contribution < -0.4 is 5.32 Å². The average Bonchev–Trinajstić information content (AvgIpc) is 2.88. The van der Waals surface area contributed by atoms with Crippen LogP contribution in [0.15, 0.2) is 76.1 Å². The summed E-state index contributed by atoms with van der Waals surface area (Å²) in [6, 6.07) is 17.3. The Morgan fingerprint density at radius 3 is 1.92 bits per heavy atom. The third-order valence-corrected chi connectivity index (χ3v) is 7.64. The Morgan fingerprint density at radius 1 is 0.865 bits per heavy atom. The molecule has 3 rings (SSSR count). The molecule has 1 N–H and O–H groups in total. The zero-order valence-electron chi connectivity index (χ0n) is 20.4. The van der Waals surface area contributed by atoms with Crippen molar-refractivity contribution in [3.05, 3.63) is 93.5 Å². The summed E-state index contributed by atoms with van der Waals surface area (Å²) in [5.41, 5.74) is 1.69. The standard InChI is InChI=1S/C26H25BrN2O7S/c1-17-4-10-23(11-5-17)37(33,34)29(15-18-6-8-21(27)9-7-18)16-24(30)28-22-13-19(25(31)35-2)12-20(14-22)26(32)36-3/h4-14H,15-16H2,1-3H3,(H,28,30). The maximum Gasteiger partial charge on any atom is 0.337 e. The van der Waals surface area contributed by atoms with Crippen LogP contribution in [0, 0.1) is 6.92 Å². The van der Waals surface area contributed by atoms with Gasteiger partial charge in [-0.15, -0.1) is 0 Å². The highest BCUT2D eigenvalue weighted by Crippen LogP contribution is 2.22. The lowest BCUT2D eigenvalue weighted by molar-refractivity contribution is -0.116. The predicted molar refractivity (Wildman–Crippen MR) is 141 cm³/mol. The summed E-state index contributed by atoms with van der Waals surface area (Å²) in [6.45, 7) is 1.25. The zero-order valence-corrected chi connectivity index (χ0v) is 22.8. The highest BCUT2D eigenvalue weighted by atomic mass is 79.9. The second-order valence-corrected chi connectivity index (χ2v) is 10.9. The number of anilines is 1. The van der Waals surface area contributed by atoms with Crippen molar-refractivity contribution in [1.29, 1.82) is 0 Å². The molecule has 3 aromatic rings. The van der Waals surface area contributed by atoms with Crippen LogP contribution in [0.2, 0.25) is 0 Å². The molecule has 0 unspecified atom stereocenters. The number of benzene rings is 3. The molecule has 194 valence electrons. The second kappa shape index (κ2) is 12.1. The molecule has 3 aromatic carbocycles. The van der Waals surface area contributed by atoms with Gasteiger partial charge in [-0.05, 0) is 55.0 Å². The highest BCUT2D eigenvalue weighted by Gasteiger charge is 2.27. The van der Waals surface area contributed by atoms with Crippen molar-refractivity contribution in [2.75, 3.05) is 26.1 Å². The first-order valence-electron chi connectivity index (χ1n) is 11.0. The molecule has 0 heterocycles. The number of hydrogen-bond acceptors (Lipinski definition) is 7. The number of rotatable bonds is 9. The van der Waals surface area contributed by atoms with Gasteiger partial charge in [-0.25, -0.2) is 18.0 Å². The summed E-state index contributed by atoms with van der Waals surface area (Å²) in [6.07, 6.45) is 0. The Hall–Kier alpha value is -3.54. The number of ether oxygens (including phenoxy) is 2. The normalized spacial score (nSPS) is 11.2. The Morgan fingerprint density at radius 2 is 1.41 bits per heavy atom. The van der Waals surface area contributed by atoms with E-state index in [1.54, 1.807) is 36.4 Å². The van der Waals surface area contributed by atoms with Gasteiger partial charge in [0.25, 0.3) is 0 Å². The fourth-order valence-electron chi connectivity index (χ4n) is 3.41. The molecular weight excluding hydrogens is 564 g/mol. The monoisotopic (exact) mass is 588 g/mol. The highest BCUT2D eigenvalue weighted by molar-refractivity contribution is 9.10. The lowest BCUT2D eigenvalue weighted by Gasteiger charge is -2.22. The number of amides is 1.